The molecule has 7 heteroatoms. The lowest BCUT2D eigenvalue weighted by atomic mass is 10.2. The zero-order valence-electron chi connectivity index (χ0n) is 11.6. The highest BCUT2D eigenvalue weighted by Gasteiger charge is 2.13. The lowest BCUT2D eigenvalue weighted by molar-refractivity contribution is -0.384. The van der Waals surface area contributed by atoms with E-state index >= 15 is 0 Å². The largest absolute Gasteiger partial charge is 0.462 e. The van der Waals surface area contributed by atoms with Crippen molar-refractivity contribution < 1.29 is 14.5 Å². The first kappa shape index (κ1) is 16.3. The van der Waals surface area contributed by atoms with Gasteiger partial charge in [0.25, 0.3) is 5.69 Å². The van der Waals surface area contributed by atoms with Crippen LogP contribution in [-0.2, 0) is 4.74 Å². The van der Waals surface area contributed by atoms with Gasteiger partial charge in [-0.3, -0.25) is 10.1 Å². The van der Waals surface area contributed by atoms with Crippen LogP contribution in [0, 0.1) is 10.1 Å². The number of halogens is 1. The minimum Gasteiger partial charge on any atom is -0.462 e. The van der Waals surface area contributed by atoms with Gasteiger partial charge in [-0.05, 0) is 37.3 Å². The Labute approximate surface area is 136 Å². The molecule has 0 bridgehead atoms. The van der Waals surface area contributed by atoms with Gasteiger partial charge in [-0.1, -0.05) is 23.4 Å². The normalized spacial score (nSPS) is 10.3. The van der Waals surface area contributed by atoms with Gasteiger partial charge in [-0.2, -0.15) is 0 Å². The van der Waals surface area contributed by atoms with Gasteiger partial charge in [0.05, 0.1) is 22.1 Å². The predicted octanol–water partition coefficient (Wildman–Crippen LogP) is 4.58. The summed E-state index contributed by atoms with van der Waals surface area (Å²) >= 11 is 7.38. The summed E-state index contributed by atoms with van der Waals surface area (Å²) in [6.45, 7) is 2.00. The molecule has 114 valence electrons. The van der Waals surface area contributed by atoms with Crippen molar-refractivity contribution in [2.75, 3.05) is 6.61 Å². The van der Waals surface area contributed by atoms with Gasteiger partial charge < -0.3 is 4.74 Å². The smallest absolute Gasteiger partial charge is 0.339 e. The molecule has 2 aromatic rings. The maximum absolute atomic E-state index is 11.8. The van der Waals surface area contributed by atoms with Crippen molar-refractivity contribution in [1.29, 1.82) is 0 Å². The molecule has 22 heavy (non-hydrogen) atoms. The molecule has 5 nitrogen and oxygen atoms in total. The molecule has 0 saturated carbocycles. The van der Waals surface area contributed by atoms with Gasteiger partial charge in [0.2, 0.25) is 0 Å². The molecule has 0 unspecified atom stereocenters. The van der Waals surface area contributed by atoms with Gasteiger partial charge in [0.15, 0.2) is 0 Å². The average Bonchev–Trinajstić information content (AvgIpc) is 2.50. The first-order valence-corrected chi connectivity index (χ1v) is 7.59. The molecular formula is C15H12ClNO4S. The van der Waals surface area contributed by atoms with Crippen LogP contribution >= 0.6 is 23.4 Å². The Kier molecular flexibility index (Phi) is 5.41. The molecule has 0 saturated heterocycles. The topological polar surface area (TPSA) is 69.4 Å². The molecule has 0 spiro atoms. The van der Waals surface area contributed by atoms with Crippen molar-refractivity contribution in [3.8, 4) is 0 Å². The molecule has 0 radical (unpaired) electrons. The SMILES string of the molecule is CCOC(=O)c1cc(Sc2ccc([N+](=O)[O-])cc2)ccc1Cl. The summed E-state index contributed by atoms with van der Waals surface area (Å²) in [5.41, 5.74) is 0.336. The van der Waals surface area contributed by atoms with Crippen LogP contribution < -0.4 is 0 Å². The summed E-state index contributed by atoms with van der Waals surface area (Å²) in [6, 6.07) is 11.2. The van der Waals surface area contributed by atoms with Gasteiger partial charge in [-0.25, -0.2) is 4.79 Å². The number of nitro groups is 1. The lowest BCUT2D eigenvalue weighted by Gasteiger charge is -2.07. The molecule has 0 atom stereocenters. The van der Waals surface area contributed by atoms with Crippen LogP contribution in [0.2, 0.25) is 5.02 Å². The number of hydrogen-bond donors (Lipinski definition) is 0. The Morgan fingerprint density at radius 2 is 1.86 bits per heavy atom. The molecule has 0 aliphatic rings. The second kappa shape index (κ2) is 7.29. The summed E-state index contributed by atoms with van der Waals surface area (Å²) in [5.74, 6) is -0.473. The fraction of sp³-hybridized carbons (Fsp3) is 0.133. The lowest BCUT2D eigenvalue weighted by Crippen LogP contribution is -2.05. The fourth-order valence-corrected chi connectivity index (χ4v) is 2.76. The fourth-order valence-electron chi connectivity index (χ4n) is 1.71. The second-order valence-electron chi connectivity index (χ2n) is 4.22. The van der Waals surface area contributed by atoms with Crippen LogP contribution in [0.25, 0.3) is 0 Å². The molecule has 0 amide bonds. The average molecular weight is 338 g/mol. The third kappa shape index (κ3) is 3.99. The van der Waals surface area contributed by atoms with Crippen LogP contribution in [-0.4, -0.2) is 17.5 Å². The number of carbonyl (C=O) groups excluding carboxylic acids is 1. The summed E-state index contributed by atoms with van der Waals surface area (Å²) in [4.78, 5) is 23.6. The number of non-ortho nitro benzene ring substituents is 1. The minimum atomic E-state index is -0.473. The number of nitrogens with zero attached hydrogens (tertiary/aromatic N) is 1. The molecule has 2 aromatic carbocycles. The van der Waals surface area contributed by atoms with E-state index in [-0.39, 0.29) is 12.3 Å². The van der Waals surface area contributed by atoms with Crippen molar-refractivity contribution in [3.05, 3.63) is 63.2 Å². The van der Waals surface area contributed by atoms with Crippen LogP contribution in [0.5, 0.6) is 0 Å². The van der Waals surface area contributed by atoms with E-state index in [1.165, 1.54) is 23.9 Å². The summed E-state index contributed by atoms with van der Waals surface area (Å²) in [5, 5.41) is 10.9. The van der Waals surface area contributed by atoms with E-state index in [1.54, 1.807) is 37.3 Å². The van der Waals surface area contributed by atoms with E-state index in [0.717, 1.165) is 9.79 Å². The highest BCUT2D eigenvalue weighted by Crippen LogP contribution is 2.31. The third-order valence-electron chi connectivity index (χ3n) is 2.72. The van der Waals surface area contributed by atoms with E-state index < -0.39 is 10.9 Å². The molecule has 0 aromatic heterocycles. The number of rotatable bonds is 5. The second-order valence-corrected chi connectivity index (χ2v) is 5.77. The monoisotopic (exact) mass is 337 g/mol. The molecule has 0 heterocycles. The van der Waals surface area contributed by atoms with Crippen LogP contribution in [0.1, 0.15) is 17.3 Å². The molecule has 0 aliphatic carbocycles. The van der Waals surface area contributed by atoms with Crippen molar-refractivity contribution in [2.45, 2.75) is 16.7 Å². The number of benzene rings is 2. The Balaban J connectivity index is 2.21. The Morgan fingerprint density at radius 3 is 2.45 bits per heavy atom. The first-order chi connectivity index (χ1) is 10.5. The van der Waals surface area contributed by atoms with E-state index in [9.17, 15) is 14.9 Å². The summed E-state index contributed by atoms with van der Waals surface area (Å²) in [6.07, 6.45) is 0. The van der Waals surface area contributed by atoms with E-state index in [1.807, 2.05) is 0 Å². The third-order valence-corrected chi connectivity index (χ3v) is 4.04. The van der Waals surface area contributed by atoms with E-state index in [4.69, 9.17) is 16.3 Å². The zero-order chi connectivity index (χ0) is 16.1. The highest BCUT2D eigenvalue weighted by molar-refractivity contribution is 7.99. The van der Waals surface area contributed by atoms with E-state index in [2.05, 4.69) is 0 Å². The van der Waals surface area contributed by atoms with Crippen molar-refractivity contribution >= 4 is 35.0 Å². The quantitative estimate of drug-likeness (QED) is 0.454. The van der Waals surface area contributed by atoms with Crippen LogP contribution in [0.3, 0.4) is 0 Å². The number of hydrogen-bond acceptors (Lipinski definition) is 5. The van der Waals surface area contributed by atoms with E-state index in [0.29, 0.717) is 10.6 Å². The van der Waals surface area contributed by atoms with Gasteiger partial charge in [0, 0.05) is 21.9 Å². The molecule has 2 rings (SSSR count). The molecule has 0 fully saturated rings. The van der Waals surface area contributed by atoms with Crippen LogP contribution in [0.15, 0.2) is 52.3 Å². The maximum Gasteiger partial charge on any atom is 0.339 e. The summed E-state index contributed by atoms with van der Waals surface area (Å²) in [7, 11) is 0. The van der Waals surface area contributed by atoms with Crippen molar-refractivity contribution in [1.82, 2.24) is 0 Å². The number of nitro benzene ring substituents is 1. The Morgan fingerprint density at radius 1 is 1.23 bits per heavy atom. The molecule has 0 N–H and O–H groups in total. The predicted molar refractivity (Wildman–Crippen MR) is 84.6 cm³/mol. The van der Waals surface area contributed by atoms with Gasteiger partial charge >= 0.3 is 5.97 Å². The number of esters is 1. The standard InChI is InChI=1S/C15H12ClNO4S/c1-2-21-15(18)13-9-12(7-8-14(13)16)22-11-5-3-10(4-6-11)17(19)20/h3-9H,2H2,1H3. The maximum atomic E-state index is 11.8. The number of ether oxygens (including phenoxy) is 1. The first-order valence-electron chi connectivity index (χ1n) is 6.40. The van der Waals surface area contributed by atoms with Crippen molar-refractivity contribution in [3.63, 3.8) is 0 Å². The highest BCUT2D eigenvalue weighted by atomic mass is 35.5. The molecule has 0 aliphatic heterocycles. The Hall–Kier alpha value is -2.05. The Bertz CT molecular complexity index is 703. The minimum absolute atomic E-state index is 0.0349. The summed E-state index contributed by atoms with van der Waals surface area (Å²) < 4.78 is 4.95. The van der Waals surface area contributed by atoms with Gasteiger partial charge in [0.1, 0.15) is 0 Å². The van der Waals surface area contributed by atoms with Crippen LogP contribution in [0.4, 0.5) is 5.69 Å². The zero-order valence-corrected chi connectivity index (χ0v) is 13.2. The van der Waals surface area contributed by atoms with Gasteiger partial charge in [-0.15, -0.1) is 0 Å². The van der Waals surface area contributed by atoms with Crippen molar-refractivity contribution in [2.24, 2.45) is 0 Å². The number of carbonyl (C=O) groups is 1. The molecular weight excluding hydrogens is 326 g/mol.